The molecule has 0 bridgehead atoms. The fourth-order valence-electron chi connectivity index (χ4n) is 2.89. The van der Waals surface area contributed by atoms with Gasteiger partial charge in [0.05, 0.1) is 13.7 Å². The van der Waals surface area contributed by atoms with Crippen LogP contribution in [-0.2, 0) is 4.79 Å². The highest BCUT2D eigenvalue weighted by Gasteiger charge is 2.40. The fourth-order valence-corrected chi connectivity index (χ4v) is 3.15. The van der Waals surface area contributed by atoms with Gasteiger partial charge in [-0.1, -0.05) is 22.0 Å². The molecule has 0 radical (unpaired) electrons. The first kappa shape index (κ1) is 16.8. The first-order valence-electron chi connectivity index (χ1n) is 7.71. The summed E-state index contributed by atoms with van der Waals surface area (Å²) in [7, 11) is 1.60. The van der Waals surface area contributed by atoms with Gasteiger partial charge >= 0.3 is 0 Å². The summed E-state index contributed by atoms with van der Waals surface area (Å²) < 4.78 is 6.17. The molecule has 1 heterocycles. The van der Waals surface area contributed by atoms with Crippen molar-refractivity contribution in [3.63, 3.8) is 0 Å². The number of hydrogen-bond donors (Lipinski definition) is 2. The van der Waals surface area contributed by atoms with Crippen molar-refractivity contribution in [1.82, 2.24) is 0 Å². The van der Waals surface area contributed by atoms with Crippen LogP contribution in [0.3, 0.4) is 0 Å². The maximum Gasteiger partial charge on any atom is 0.249 e. The van der Waals surface area contributed by atoms with Gasteiger partial charge in [-0.3, -0.25) is 4.79 Å². The summed E-state index contributed by atoms with van der Waals surface area (Å²) >= 11 is 3.40. The van der Waals surface area contributed by atoms with E-state index in [4.69, 9.17) is 4.74 Å². The van der Waals surface area contributed by atoms with Crippen molar-refractivity contribution in [3.05, 3.63) is 53.0 Å². The molecule has 1 amide bonds. The number of methoxy groups -OCH3 is 1. The Labute approximate surface area is 149 Å². The predicted molar refractivity (Wildman–Crippen MR) is 97.5 cm³/mol. The van der Waals surface area contributed by atoms with E-state index < -0.39 is 6.04 Å². The van der Waals surface area contributed by atoms with E-state index >= 15 is 0 Å². The van der Waals surface area contributed by atoms with Gasteiger partial charge in [0.15, 0.2) is 0 Å². The van der Waals surface area contributed by atoms with Crippen molar-refractivity contribution in [2.45, 2.75) is 6.04 Å². The van der Waals surface area contributed by atoms with Gasteiger partial charge < -0.3 is 20.1 Å². The largest absolute Gasteiger partial charge is 0.497 e. The Bertz CT molecular complexity index is 720. The molecule has 0 aromatic heterocycles. The minimum atomic E-state index is -0.467. The molecule has 0 spiro atoms. The average Bonchev–Trinajstić information content (AvgIpc) is 2.92. The Morgan fingerprint density at radius 3 is 2.71 bits per heavy atom. The molecule has 1 aliphatic heterocycles. The lowest BCUT2D eigenvalue weighted by molar-refractivity contribution is -0.118. The monoisotopic (exact) mass is 390 g/mol. The van der Waals surface area contributed by atoms with Crippen molar-refractivity contribution in [2.24, 2.45) is 5.92 Å². The third kappa shape index (κ3) is 3.39. The number of anilines is 2. The standard InChI is InChI=1S/C18H19BrN2O3/c1-24-16-4-2-3-14(9-16)20-17-12(11-22)10-21(18(17)23)15-7-5-13(19)6-8-15/h2-9,12,17,20,22H,10-11H2,1H3. The number of carbonyl (C=O) groups is 1. The van der Waals surface area contributed by atoms with E-state index in [2.05, 4.69) is 21.2 Å². The van der Waals surface area contributed by atoms with Crippen LogP contribution >= 0.6 is 15.9 Å². The predicted octanol–water partition coefficient (Wildman–Crippen LogP) is 2.89. The summed E-state index contributed by atoms with van der Waals surface area (Å²) in [6.07, 6.45) is 0. The molecular weight excluding hydrogens is 372 g/mol. The third-order valence-electron chi connectivity index (χ3n) is 4.19. The van der Waals surface area contributed by atoms with Crippen LogP contribution in [-0.4, -0.2) is 37.3 Å². The fraction of sp³-hybridized carbons (Fsp3) is 0.278. The first-order valence-corrected chi connectivity index (χ1v) is 8.50. The van der Waals surface area contributed by atoms with Gasteiger partial charge in [0.1, 0.15) is 11.8 Å². The van der Waals surface area contributed by atoms with Gasteiger partial charge in [0, 0.05) is 34.4 Å². The van der Waals surface area contributed by atoms with E-state index in [0.717, 1.165) is 21.6 Å². The van der Waals surface area contributed by atoms with Crippen LogP contribution in [0.5, 0.6) is 5.75 Å². The number of benzene rings is 2. The molecule has 2 aromatic carbocycles. The SMILES string of the molecule is COc1cccc(NC2C(=O)N(c3ccc(Br)cc3)CC2CO)c1. The molecule has 5 nitrogen and oxygen atoms in total. The second kappa shape index (κ2) is 7.23. The Morgan fingerprint density at radius 2 is 2.04 bits per heavy atom. The van der Waals surface area contributed by atoms with Gasteiger partial charge in [-0.2, -0.15) is 0 Å². The summed E-state index contributed by atoms with van der Waals surface area (Å²) in [5, 5.41) is 12.9. The van der Waals surface area contributed by atoms with Crippen molar-refractivity contribution in [1.29, 1.82) is 0 Å². The van der Waals surface area contributed by atoms with Crippen LogP contribution < -0.4 is 15.0 Å². The molecule has 6 heteroatoms. The van der Waals surface area contributed by atoms with Crippen molar-refractivity contribution in [3.8, 4) is 5.75 Å². The molecule has 2 atom stereocenters. The number of nitrogens with one attached hydrogen (secondary N) is 1. The number of carbonyl (C=O) groups excluding carboxylic acids is 1. The molecule has 126 valence electrons. The normalized spacial score (nSPS) is 20.3. The van der Waals surface area contributed by atoms with Crippen LogP contribution in [0, 0.1) is 5.92 Å². The molecule has 1 aliphatic rings. The van der Waals surface area contributed by atoms with Crippen molar-refractivity contribution in [2.75, 3.05) is 30.5 Å². The number of aliphatic hydroxyl groups excluding tert-OH is 1. The highest BCUT2D eigenvalue weighted by Crippen LogP contribution is 2.29. The summed E-state index contributed by atoms with van der Waals surface area (Å²) in [5.41, 5.74) is 1.63. The van der Waals surface area contributed by atoms with E-state index in [0.29, 0.717) is 6.54 Å². The lowest BCUT2D eigenvalue weighted by atomic mass is 10.0. The van der Waals surface area contributed by atoms with E-state index in [9.17, 15) is 9.90 Å². The van der Waals surface area contributed by atoms with E-state index in [1.54, 1.807) is 12.0 Å². The molecule has 2 unspecified atom stereocenters. The molecule has 2 N–H and O–H groups in total. The molecule has 2 aromatic rings. The van der Waals surface area contributed by atoms with Crippen LogP contribution in [0.25, 0.3) is 0 Å². The lowest BCUT2D eigenvalue weighted by Crippen LogP contribution is -2.36. The molecule has 1 fully saturated rings. The van der Waals surface area contributed by atoms with Crippen molar-refractivity contribution < 1.29 is 14.6 Å². The smallest absolute Gasteiger partial charge is 0.249 e. The number of halogens is 1. The number of aliphatic hydroxyl groups is 1. The Balaban J connectivity index is 1.81. The zero-order valence-corrected chi connectivity index (χ0v) is 14.9. The van der Waals surface area contributed by atoms with Gasteiger partial charge in [-0.05, 0) is 36.4 Å². The maximum absolute atomic E-state index is 12.8. The number of rotatable bonds is 5. The Kier molecular flexibility index (Phi) is 5.06. The molecule has 1 saturated heterocycles. The van der Waals surface area contributed by atoms with Gasteiger partial charge in [0.25, 0.3) is 0 Å². The number of hydrogen-bond acceptors (Lipinski definition) is 4. The second-order valence-electron chi connectivity index (χ2n) is 5.72. The highest BCUT2D eigenvalue weighted by molar-refractivity contribution is 9.10. The van der Waals surface area contributed by atoms with Crippen LogP contribution in [0.2, 0.25) is 0 Å². The quantitative estimate of drug-likeness (QED) is 0.823. The zero-order valence-electron chi connectivity index (χ0n) is 13.3. The highest BCUT2D eigenvalue weighted by atomic mass is 79.9. The zero-order chi connectivity index (χ0) is 17.1. The summed E-state index contributed by atoms with van der Waals surface area (Å²) in [6, 6.07) is 14.6. The van der Waals surface area contributed by atoms with Crippen LogP contribution in [0.4, 0.5) is 11.4 Å². The topological polar surface area (TPSA) is 61.8 Å². The van der Waals surface area contributed by atoms with Crippen LogP contribution in [0.1, 0.15) is 0 Å². The number of nitrogens with zero attached hydrogens (tertiary/aromatic N) is 1. The number of amides is 1. The molecule has 24 heavy (non-hydrogen) atoms. The number of ether oxygens (including phenoxy) is 1. The van der Waals surface area contributed by atoms with E-state index in [1.165, 1.54) is 0 Å². The Morgan fingerprint density at radius 1 is 1.29 bits per heavy atom. The van der Waals surface area contributed by atoms with Gasteiger partial charge in [-0.15, -0.1) is 0 Å². The first-order chi connectivity index (χ1) is 11.6. The maximum atomic E-state index is 12.8. The minimum Gasteiger partial charge on any atom is -0.497 e. The average molecular weight is 391 g/mol. The van der Waals surface area contributed by atoms with E-state index in [1.807, 2.05) is 48.5 Å². The minimum absolute atomic E-state index is 0.0424. The third-order valence-corrected chi connectivity index (χ3v) is 4.71. The summed E-state index contributed by atoms with van der Waals surface area (Å²) in [4.78, 5) is 14.5. The molecule has 0 aliphatic carbocycles. The van der Waals surface area contributed by atoms with Crippen molar-refractivity contribution >= 4 is 33.2 Å². The molecule has 0 saturated carbocycles. The van der Waals surface area contributed by atoms with Gasteiger partial charge in [-0.25, -0.2) is 0 Å². The molecular formula is C18H19BrN2O3. The second-order valence-corrected chi connectivity index (χ2v) is 6.64. The summed E-state index contributed by atoms with van der Waals surface area (Å²) in [6.45, 7) is 0.430. The Hall–Kier alpha value is -2.05. The lowest BCUT2D eigenvalue weighted by Gasteiger charge is -2.18. The van der Waals surface area contributed by atoms with Gasteiger partial charge in [0.2, 0.25) is 5.91 Å². The van der Waals surface area contributed by atoms with Crippen LogP contribution in [0.15, 0.2) is 53.0 Å². The summed E-state index contributed by atoms with van der Waals surface area (Å²) in [5.74, 6) is 0.502. The molecule has 3 rings (SSSR count). The van der Waals surface area contributed by atoms with E-state index in [-0.39, 0.29) is 18.4 Å².